The van der Waals surface area contributed by atoms with Crippen molar-refractivity contribution in [2.45, 2.75) is 51.7 Å². The zero-order valence-electron chi connectivity index (χ0n) is 18.5. The molecule has 8 heteroatoms. The van der Waals surface area contributed by atoms with Crippen molar-refractivity contribution in [3.63, 3.8) is 0 Å². The second kappa shape index (κ2) is 9.74. The molecule has 174 valence electrons. The molecule has 0 atom stereocenters. The number of aryl methyl sites for hydroxylation is 2. The molecule has 0 fully saturated rings. The predicted octanol–water partition coefficient (Wildman–Crippen LogP) is 6.44. The Morgan fingerprint density at radius 3 is 2.85 bits per heavy atom. The van der Waals surface area contributed by atoms with Crippen molar-refractivity contribution in [3.8, 4) is 5.75 Å². The molecule has 0 radical (unpaired) electrons. The lowest BCUT2D eigenvalue weighted by molar-refractivity contribution is -0.141. The Morgan fingerprint density at radius 1 is 1.24 bits per heavy atom. The SMILES string of the molecule is [C-]#[N+]Cc1ccc2c(c1)CCCN2CCCOc1ccc2c(C(F)(F)F)noc2c1CCC. The standard InChI is InChI=1S/C25H26F3N3O2/c1-3-6-19-22(11-9-20-23(19)33-30-24(20)25(26,27)28)32-14-5-13-31-12-4-7-18-15-17(16-29-2)8-10-21(18)31/h8-11,15H,3-7,12-14,16H2,1H3. The van der Waals surface area contributed by atoms with Gasteiger partial charge in [-0.05, 0) is 61.6 Å². The number of ether oxygens (including phenoxy) is 1. The number of halogens is 3. The molecule has 4 rings (SSSR count). The van der Waals surface area contributed by atoms with Crippen LogP contribution in [-0.4, -0.2) is 24.9 Å². The van der Waals surface area contributed by atoms with E-state index in [9.17, 15) is 13.2 Å². The van der Waals surface area contributed by atoms with E-state index in [2.05, 4.69) is 27.0 Å². The number of hydrogen-bond donors (Lipinski definition) is 0. The van der Waals surface area contributed by atoms with Crippen LogP contribution in [-0.2, 0) is 25.6 Å². The normalized spacial score (nSPS) is 13.7. The maximum Gasteiger partial charge on any atom is 0.437 e. The molecular formula is C25H26F3N3O2. The lowest BCUT2D eigenvalue weighted by atomic mass is 9.99. The van der Waals surface area contributed by atoms with Crippen LogP contribution in [0.5, 0.6) is 5.75 Å². The van der Waals surface area contributed by atoms with Gasteiger partial charge in [-0.25, -0.2) is 6.57 Å². The zero-order valence-corrected chi connectivity index (χ0v) is 18.5. The fourth-order valence-electron chi connectivity index (χ4n) is 4.46. The minimum absolute atomic E-state index is 0.0270. The van der Waals surface area contributed by atoms with E-state index >= 15 is 0 Å². The lowest BCUT2D eigenvalue weighted by Crippen LogP contribution is -2.31. The summed E-state index contributed by atoms with van der Waals surface area (Å²) in [7, 11) is 0. The molecule has 0 saturated heterocycles. The number of anilines is 1. The quantitative estimate of drug-likeness (QED) is 0.288. The van der Waals surface area contributed by atoms with Crippen molar-refractivity contribution >= 4 is 16.7 Å². The average molecular weight is 457 g/mol. The van der Waals surface area contributed by atoms with Crippen LogP contribution in [0.15, 0.2) is 34.9 Å². The number of hydrogen-bond acceptors (Lipinski definition) is 4. The average Bonchev–Trinajstić information content (AvgIpc) is 3.23. The smallest absolute Gasteiger partial charge is 0.437 e. The molecule has 0 aliphatic carbocycles. The summed E-state index contributed by atoms with van der Waals surface area (Å²) in [5, 5.41) is 3.24. The van der Waals surface area contributed by atoms with Crippen LogP contribution >= 0.6 is 0 Å². The molecule has 1 aliphatic heterocycles. The number of benzene rings is 2. The number of fused-ring (bicyclic) bond motifs is 2. The topological polar surface area (TPSA) is 42.9 Å². The number of rotatable bonds is 8. The van der Waals surface area contributed by atoms with E-state index < -0.39 is 11.9 Å². The predicted molar refractivity (Wildman–Crippen MR) is 120 cm³/mol. The van der Waals surface area contributed by atoms with Gasteiger partial charge in [0.05, 0.1) is 12.0 Å². The summed E-state index contributed by atoms with van der Waals surface area (Å²) in [5.74, 6) is 0.553. The summed E-state index contributed by atoms with van der Waals surface area (Å²) >= 11 is 0. The molecule has 0 N–H and O–H groups in total. The molecule has 0 spiro atoms. The van der Waals surface area contributed by atoms with E-state index in [-0.39, 0.29) is 11.0 Å². The van der Waals surface area contributed by atoms with Crippen molar-refractivity contribution in [1.82, 2.24) is 5.16 Å². The van der Waals surface area contributed by atoms with Crippen molar-refractivity contribution < 1.29 is 22.4 Å². The third-order valence-electron chi connectivity index (χ3n) is 5.92. The van der Waals surface area contributed by atoms with Crippen LogP contribution in [0.25, 0.3) is 15.8 Å². The van der Waals surface area contributed by atoms with Gasteiger partial charge in [-0.15, -0.1) is 0 Å². The van der Waals surface area contributed by atoms with Crippen LogP contribution in [0.3, 0.4) is 0 Å². The molecule has 5 nitrogen and oxygen atoms in total. The van der Waals surface area contributed by atoms with Crippen LogP contribution < -0.4 is 9.64 Å². The monoisotopic (exact) mass is 457 g/mol. The van der Waals surface area contributed by atoms with Gasteiger partial charge < -0.3 is 19.0 Å². The van der Waals surface area contributed by atoms with Crippen molar-refractivity contribution in [1.29, 1.82) is 0 Å². The van der Waals surface area contributed by atoms with Gasteiger partial charge in [0.1, 0.15) is 5.75 Å². The fourth-order valence-corrected chi connectivity index (χ4v) is 4.46. The fraction of sp³-hybridized carbons (Fsp3) is 0.440. The van der Waals surface area contributed by atoms with Gasteiger partial charge in [-0.3, -0.25) is 0 Å². The zero-order chi connectivity index (χ0) is 23.4. The Hall–Kier alpha value is -3.21. The molecule has 2 aromatic carbocycles. The highest BCUT2D eigenvalue weighted by Crippen LogP contribution is 2.38. The van der Waals surface area contributed by atoms with E-state index in [0.29, 0.717) is 30.9 Å². The highest BCUT2D eigenvalue weighted by molar-refractivity contribution is 5.85. The molecule has 33 heavy (non-hydrogen) atoms. The molecule has 3 aromatic rings. The van der Waals surface area contributed by atoms with Gasteiger partial charge in [-0.1, -0.05) is 18.5 Å². The number of nitrogens with zero attached hydrogens (tertiary/aromatic N) is 3. The third-order valence-corrected chi connectivity index (χ3v) is 5.92. The summed E-state index contributed by atoms with van der Waals surface area (Å²) in [6, 6.07) is 9.23. The van der Waals surface area contributed by atoms with E-state index in [1.165, 1.54) is 17.3 Å². The van der Waals surface area contributed by atoms with Gasteiger partial charge in [0, 0.05) is 29.9 Å². The Labute approximate surface area is 190 Å². The van der Waals surface area contributed by atoms with Crippen molar-refractivity contribution in [2.24, 2.45) is 0 Å². The maximum atomic E-state index is 13.2. The Bertz CT molecular complexity index is 1160. The summed E-state index contributed by atoms with van der Waals surface area (Å²) in [6.07, 6.45) is -0.399. The summed E-state index contributed by atoms with van der Waals surface area (Å²) in [6.45, 7) is 11.7. The Morgan fingerprint density at radius 2 is 2.09 bits per heavy atom. The Kier molecular flexibility index (Phi) is 6.77. The first-order chi connectivity index (χ1) is 15.9. The van der Waals surface area contributed by atoms with Crippen LogP contribution in [0.1, 0.15) is 48.6 Å². The lowest BCUT2D eigenvalue weighted by Gasteiger charge is -2.31. The van der Waals surface area contributed by atoms with Crippen LogP contribution in [0.2, 0.25) is 0 Å². The highest BCUT2D eigenvalue weighted by atomic mass is 19.4. The van der Waals surface area contributed by atoms with Crippen molar-refractivity contribution in [3.05, 3.63) is 64.1 Å². The van der Waals surface area contributed by atoms with E-state index in [0.717, 1.165) is 44.3 Å². The minimum Gasteiger partial charge on any atom is -0.493 e. The molecule has 0 amide bonds. The van der Waals surface area contributed by atoms with E-state index in [1.54, 1.807) is 6.07 Å². The van der Waals surface area contributed by atoms with Gasteiger partial charge in [-0.2, -0.15) is 13.2 Å². The first-order valence-corrected chi connectivity index (χ1v) is 11.2. The summed E-state index contributed by atoms with van der Waals surface area (Å²) in [5.41, 5.74) is 3.34. The molecule has 1 aromatic heterocycles. The molecule has 0 unspecified atom stereocenters. The first kappa shape index (κ1) is 23.0. The van der Waals surface area contributed by atoms with Crippen LogP contribution in [0, 0.1) is 6.57 Å². The van der Waals surface area contributed by atoms with Crippen LogP contribution in [0.4, 0.5) is 18.9 Å². The van der Waals surface area contributed by atoms with E-state index in [1.807, 2.05) is 13.0 Å². The molecule has 0 saturated carbocycles. The second-order valence-corrected chi connectivity index (χ2v) is 8.27. The summed E-state index contributed by atoms with van der Waals surface area (Å²) in [4.78, 5) is 5.81. The maximum absolute atomic E-state index is 13.2. The number of alkyl halides is 3. The largest absolute Gasteiger partial charge is 0.493 e. The van der Waals surface area contributed by atoms with Gasteiger partial charge in [0.15, 0.2) is 11.3 Å². The highest BCUT2D eigenvalue weighted by Gasteiger charge is 2.37. The van der Waals surface area contributed by atoms with Gasteiger partial charge in [0.25, 0.3) is 0 Å². The Balaban J connectivity index is 1.43. The van der Waals surface area contributed by atoms with Gasteiger partial charge in [0.2, 0.25) is 6.54 Å². The molecule has 1 aliphatic rings. The van der Waals surface area contributed by atoms with Gasteiger partial charge >= 0.3 is 6.18 Å². The number of aromatic nitrogens is 1. The minimum atomic E-state index is -4.56. The molecule has 0 bridgehead atoms. The molecule has 2 heterocycles. The molecular weight excluding hydrogens is 431 g/mol. The first-order valence-electron chi connectivity index (χ1n) is 11.2. The van der Waals surface area contributed by atoms with E-state index in [4.69, 9.17) is 15.8 Å². The third kappa shape index (κ3) is 4.92. The second-order valence-electron chi connectivity index (χ2n) is 8.27. The van der Waals surface area contributed by atoms with Crippen molar-refractivity contribution in [2.75, 3.05) is 24.6 Å². The summed E-state index contributed by atoms with van der Waals surface area (Å²) < 4.78 is 50.7.